The second-order valence-corrected chi connectivity index (χ2v) is 14.0. The number of primary amides is 1. The Kier molecular flexibility index (Phi) is 14.3. The van der Waals surface area contributed by atoms with Gasteiger partial charge >= 0.3 is 6.18 Å². The van der Waals surface area contributed by atoms with Crippen LogP contribution >= 0.6 is 0 Å². The fraction of sp³-hybridized carbons (Fsp3) is 0.371. The minimum Gasteiger partial charge on any atom is -0.382 e. The molecule has 0 spiro atoms. The Morgan fingerprint density at radius 3 is 1.84 bits per heavy atom. The molecule has 2 unspecified atom stereocenters. The molecule has 0 aliphatic rings. The summed E-state index contributed by atoms with van der Waals surface area (Å²) in [5, 5.41) is 16.7. The van der Waals surface area contributed by atoms with E-state index in [0.717, 1.165) is 11.1 Å². The van der Waals surface area contributed by atoms with Gasteiger partial charge in [-0.25, -0.2) is 8.42 Å². The van der Waals surface area contributed by atoms with Gasteiger partial charge in [0, 0.05) is 12.8 Å². The van der Waals surface area contributed by atoms with Crippen molar-refractivity contribution in [3.8, 4) is 11.1 Å². The highest BCUT2D eigenvalue weighted by molar-refractivity contribution is 7.89. The number of halogens is 3. The molecule has 0 aliphatic heterocycles. The summed E-state index contributed by atoms with van der Waals surface area (Å²) in [7, 11) is -4.23. The number of carbonyl (C=O) groups excluding carboxylic acids is 4. The number of nitrogens with two attached hydrogens (primary N) is 1. The molecule has 0 fully saturated rings. The molecule has 0 saturated carbocycles. The predicted molar refractivity (Wildman–Crippen MR) is 183 cm³/mol. The van der Waals surface area contributed by atoms with Crippen LogP contribution in [-0.4, -0.2) is 73.6 Å². The van der Waals surface area contributed by atoms with E-state index in [1.165, 1.54) is 19.1 Å². The lowest BCUT2D eigenvalue weighted by Gasteiger charge is -2.28. The smallest absolute Gasteiger partial charge is 0.382 e. The fourth-order valence-electron chi connectivity index (χ4n) is 5.03. The van der Waals surface area contributed by atoms with Crippen molar-refractivity contribution >= 4 is 33.7 Å². The Bertz CT molecular complexity index is 1740. The van der Waals surface area contributed by atoms with Crippen LogP contribution in [0.15, 0.2) is 89.8 Å². The van der Waals surface area contributed by atoms with Crippen LogP contribution in [0.3, 0.4) is 0 Å². The van der Waals surface area contributed by atoms with Gasteiger partial charge in [-0.15, -0.1) is 0 Å². The van der Waals surface area contributed by atoms with Gasteiger partial charge in [-0.1, -0.05) is 86.6 Å². The summed E-state index contributed by atoms with van der Waals surface area (Å²) in [4.78, 5) is 51.1. The summed E-state index contributed by atoms with van der Waals surface area (Å²) in [5.74, 6) is -4.40. The van der Waals surface area contributed by atoms with Crippen molar-refractivity contribution < 1.29 is 45.9 Å². The SMILES string of the molecule is CC(C)[C@H](NS(=O)(=O)c1ccc(-c2ccccc2)cc1)C(=O)N[C@@H](Cc1ccccc1)C(=O)N[C@@H](C)C(=O)NC(CCC(N)=O)C(O)C(F)(F)F. The Hall–Kier alpha value is -4.80. The fourth-order valence-corrected chi connectivity index (χ4v) is 6.37. The topological polar surface area (TPSA) is 197 Å². The summed E-state index contributed by atoms with van der Waals surface area (Å²) in [6.45, 7) is 4.38. The minimum absolute atomic E-state index is 0.0937. The van der Waals surface area contributed by atoms with Crippen LogP contribution in [0.4, 0.5) is 13.2 Å². The molecule has 3 aromatic rings. The molecule has 51 heavy (non-hydrogen) atoms. The third-order valence-electron chi connectivity index (χ3n) is 7.92. The van der Waals surface area contributed by atoms with E-state index in [1.54, 1.807) is 56.3 Å². The van der Waals surface area contributed by atoms with Crippen LogP contribution in [0.1, 0.15) is 39.2 Å². The van der Waals surface area contributed by atoms with Gasteiger partial charge in [0.25, 0.3) is 0 Å². The van der Waals surface area contributed by atoms with Crippen molar-refractivity contribution in [2.75, 3.05) is 0 Å². The summed E-state index contributed by atoms with van der Waals surface area (Å²) >= 11 is 0. The first-order valence-corrected chi connectivity index (χ1v) is 17.5. The molecule has 0 radical (unpaired) electrons. The lowest BCUT2D eigenvalue weighted by atomic mass is 10.0. The maximum atomic E-state index is 13.6. The van der Waals surface area contributed by atoms with Crippen LogP contribution in [0.25, 0.3) is 11.1 Å². The summed E-state index contributed by atoms with van der Waals surface area (Å²) < 4.78 is 68.9. The summed E-state index contributed by atoms with van der Waals surface area (Å²) in [5.41, 5.74) is 7.28. The summed E-state index contributed by atoms with van der Waals surface area (Å²) in [6.07, 6.45) is -9.44. The highest BCUT2D eigenvalue weighted by atomic mass is 32.2. The number of hydrogen-bond donors (Lipinski definition) is 6. The first kappa shape index (κ1) is 40.6. The van der Waals surface area contributed by atoms with Crippen LogP contribution in [-0.2, 0) is 35.6 Å². The first-order valence-electron chi connectivity index (χ1n) is 16.0. The first-order chi connectivity index (χ1) is 23.9. The number of benzene rings is 3. The normalized spacial score (nSPS) is 14.8. The number of amides is 4. The molecule has 0 saturated heterocycles. The molecular weight excluding hydrogens is 691 g/mol. The van der Waals surface area contributed by atoms with Gasteiger partial charge < -0.3 is 26.8 Å². The lowest BCUT2D eigenvalue weighted by Crippen LogP contribution is -2.59. The van der Waals surface area contributed by atoms with Gasteiger partial charge in [0.2, 0.25) is 33.7 Å². The zero-order valence-electron chi connectivity index (χ0n) is 28.2. The van der Waals surface area contributed by atoms with Gasteiger partial charge in [-0.2, -0.15) is 17.9 Å². The van der Waals surface area contributed by atoms with E-state index >= 15 is 0 Å². The average Bonchev–Trinajstić information content (AvgIpc) is 3.08. The number of hydrogen-bond acceptors (Lipinski definition) is 7. The number of carbonyl (C=O) groups is 4. The van der Waals surface area contributed by atoms with E-state index in [1.807, 2.05) is 35.6 Å². The third kappa shape index (κ3) is 12.2. The van der Waals surface area contributed by atoms with Gasteiger partial charge in [0.05, 0.1) is 10.9 Å². The number of sulfonamides is 1. The van der Waals surface area contributed by atoms with E-state index in [-0.39, 0.29) is 11.3 Å². The quantitative estimate of drug-likeness (QED) is 0.123. The van der Waals surface area contributed by atoms with E-state index in [9.17, 15) is 45.9 Å². The molecule has 276 valence electrons. The highest BCUT2D eigenvalue weighted by Crippen LogP contribution is 2.25. The maximum Gasteiger partial charge on any atom is 0.416 e. The van der Waals surface area contributed by atoms with Gasteiger partial charge in [0.1, 0.15) is 18.1 Å². The monoisotopic (exact) mass is 733 g/mol. The number of nitrogens with one attached hydrogen (secondary N) is 4. The Morgan fingerprint density at radius 1 is 0.765 bits per heavy atom. The van der Waals surface area contributed by atoms with E-state index < -0.39 is 88.9 Å². The molecular formula is C35H42F3N5O7S. The highest BCUT2D eigenvalue weighted by Gasteiger charge is 2.44. The Morgan fingerprint density at radius 2 is 1.31 bits per heavy atom. The molecule has 0 heterocycles. The van der Waals surface area contributed by atoms with Crippen LogP contribution in [0.2, 0.25) is 0 Å². The van der Waals surface area contributed by atoms with Crippen molar-refractivity contribution in [2.24, 2.45) is 11.7 Å². The third-order valence-corrected chi connectivity index (χ3v) is 9.37. The molecule has 12 nitrogen and oxygen atoms in total. The second kappa shape index (κ2) is 17.9. The molecule has 3 rings (SSSR count). The number of aliphatic hydroxyl groups is 1. The second-order valence-electron chi connectivity index (χ2n) is 12.3. The molecule has 5 atom stereocenters. The van der Waals surface area contributed by atoms with Crippen LogP contribution < -0.4 is 26.4 Å². The Labute approximate surface area is 294 Å². The number of alkyl halides is 3. The van der Waals surface area contributed by atoms with Gasteiger partial charge in [-0.3, -0.25) is 19.2 Å². The minimum atomic E-state index is -5.13. The predicted octanol–water partition coefficient (Wildman–Crippen LogP) is 2.56. The maximum absolute atomic E-state index is 13.6. The average molecular weight is 734 g/mol. The van der Waals surface area contributed by atoms with Crippen LogP contribution in [0, 0.1) is 5.92 Å². The van der Waals surface area contributed by atoms with E-state index in [0.29, 0.717) is 5.56 Å². The van der Waals surface area contributed by atoms with Gasteiger partial charge in [0.15, 0.2) is 6.10 Å². The summed E-state index contributed by atoms with van der Waals surface area (Å²) in [6, 6.07) is 17.7. The molecule has 0 aromatic heterocycles. The van der Waals surface area contributed by atoms with E-state index in [2.05, 4.69) is 15.4 Å². The van der Waals surface area contributed by atoms with Crippen molar-refractivity contribution in [1.82, 2.24) is 20.7 Å². The molecule has 16 heteroatoms. The zero-order chi connectivity index (χ0) is 37.9. The number of rotatable bonds is 17. The molecule has 0 aliphatic carbocycles. The molecule has 7 N–H and O–H groups in total. The largest absolute Gasteiger partial charge is 0.416 e. The van der Waals surface area contributed by atoms with E-state index in [4.69, 9.17) is 5.73 Å². The molecule has 3 aromatic carbocycles. The van der Waals surface area contributed by atoms with Gasteiger partial charge in [-0.05, 0) is 48.1 Å². The van der Waals surface area contributed by atoms with Crippen molar-refractivity contribution in [2.45, 2.75) is 81.4 Å². The van der Waals surface area contributed by atoms with Crippen molar-refractivity contribution in [1.29, 1.82) is 0 Å². The Balaban J connectivity index is 1.78. The zero-order valence-corrected chi connectivity index (χ0v) is 29.0. The number of aliphatic hydroxyl groups excluding tert-OH is 1. The van der Waals surface area contributed by atoms with Crippen molar-refractivity contribution in [3.05, 3.63) is 90.5 Å². The van der Waals surface area contributed by atoms with Crippen LogP contribution in [0.5, 0.6) is 0 Å². The molecule has 4 amide bonds. The lowest BCUT2D eigenvalue weighted by molar-refractivity contribution is -0.212. The molecule has 0 bridgehead atoms. The standard InChI is InChI=1S/C35H42F3N5O7S/c1-21(2)30(43-51(49,50)26-16-14-25(15-17-26)24-12-8-5-9-13-24)34(48)42-28(20-23-10-6-4-7-11-23)33(47)40-22(3)32(46)41-27(18-19-29(39)44)31(45)35(36,37)38/h4-17,21-22,27-28,30-31,43,45H,18-20H2,1-3H3,(H2,39,44)(H,40,47)(H,41,46)(H,42,48)/t22-,27?,28-,30-,31?/m0/s1. The van der Waals surface area contributed by atoms with Crippen molar-refractivity contribution in [3.63, 3.8) is 0 Å².